The zero-order chi connectivity index (χ0) is 12.1. The fourth-order valence-electron chi connectivity index (χ4n) is 1.44. The van der Waals surface area contributed by atoms with Crippen molar-refractivity contribution >= 4 is 11.6 Å². The van der Waals surface area contributed by atoms with E-state index in [1.807, 2.05) is 32.0 Å². The predicted octanol–water partition coefficient (Wildman–Crippen LogP) is 2.77. The Hall–Kier alpha value is -0.770. The van der Waals surface area contributed by atoms with E-state index in [9.17, 15) is 0 Å². The van der Waals surface area contributed by atoms with E-state index < -0.39 is 0 Å². The Morgan fingerprint density at radius 2 is 2.06 bits per heavy atom. The molecule has 3 nitrogen and oxygen atoms in total. The van der Waals surface area contributed by atoms with Crippen LogP contribution in [0.25, 0.3) is 0 Å². The predicted molar refractivity (Wildman–Crippen MR) is 66.0 cm³/mol. The van der Waals surface area contributed by atoms with Crippen LogP contribution >= 0.6 is 11.6 Å². The van der Waals surface area contributed by atoms with E-state index in [0.717, 1.165) is 5.56 Å². The van der Waals surface area contributed by atoms with Gasteiger partial charge in [0.1, 0.15) is 5.75 Å². The number of ether oxygens (including phenoxy) is 2. The summed E-state index contributed by atoms with van der Waals surface area (Å²) in [7, 11) is 1.63. The van der Waals surface area contributed by atoms with Gasteiger partial charge >= 0.3 is 0 Å². The molecule has 1 rings (SSSR count). The molecule has 0 amide bonds. The second kappa shape index (κ2) is 6.09. The molecule has 0 saturated carbocycles. The van der Waals surface area contributed by atoms with Gasteiger partial charge in [-0.3, -0.25) is 0 Å². The van der Waals surface area contributed by atoms with Gasteiger partial charge < -0.3 is 15.2 Å². The lowest BCUT2D eigenvalue weighted by Crippen LogP contribution is -2.14. The summed E-state index contributed by atoms with van der Waals surface area (Å²) >= 11 is 6.11. The summed E-state index contributed by atoms with van der Waals surface area (Å²) in [5, 5.41) is 0.585. The van der Waals surface area contributed by atoms with E-state index in [2.05, 4.69) is 0 Å². The quantitative estimate of drug-likeness (QED) is 0.865. The molecule has 0 spiro atoms. The number of halogens is 1. The average Bonchev–Trinajstić information content (AvgIpc) is 2.23. The largest absolute Gasteiger partial charge is 0.489 e. The number of nitrogens with two attached hydrogens (primary N) is 1. The van der Waals surface area contributed by atoms with E-state index in [0.29, 0.717) is 17.3 Å². The highest BCUT2D eigenvalue weighted by Gasteiger charge is 2.11. The van der Waals surface area contributed by atoms with E-state index in [1.54, 1.807) is 7.11 Å². The lowest BCUT2D eigenvalue weighted by molar-refractivity contribution is 0.110. The molecule has 0 heterocycles. The Labute approximate surface area is 101 Å². The molecule has 2 N–H and O–H groups in total. The van der Waals surface area contributed by atoms with Crippen LogP contribution in [0.5, 0.6) is 5.75 Å². The molecular formula is C12H18ClNO2. The normalized spacial score (nSPS) is 12.9. The summed E-state index contributed by atoms with van der Waals surface area (Å²) in [5.74, 6) is 0.687. The molecule has 0 radical (unpaired) electrons. The Morgan fingerprint density at radius 1 is 1.38 bits per heavy atom. The van der Waals surface area contributed by atoms with Gasteiger partial charge in [-0.15, -0.1) is 0 Å². The van der Waals surface area contributed by atoms with Crippen molar-refractivity contribution < 1.29 is 9.47 Å². The molecule has 1 atom stereocenters. The second-order valence-corrected chi connectivity index (χ2v) is 4.22. The molecule has 0 saturated heterocycles. The molecule has 4 heteroatoms. The van der Waals surface area contributed by atoms with Gasteiger partial charge in [-0.25, -0.2) is 0 Å². The maximum Gasteiger partial charge on any atom is 0.138 e. The van der Waals surface area contributed by atoms with Gasteiger partial charge in [0.05, 0.1) is 17.2 Å². The van der Waals surface area contributed by atoms with Crippen molar-refractivity contribution in [3.8, 4) is 5.75 Å². The van der Waals surface area contributed by atoms with Gasteiger partial charge in [0.15, 0.2) is 0 Å². The molecule has 1 unspecified atom stereocenters. The van der Waals surface area contributed by atoms with Gasteiger partial charge in [0.25, 0.3) is 0 Å². The van der Waals surface area contributed by atoms with Gasteiger partial charge in [0, 0.05) is 13.7 Å². The van der Waals surface area contributed by atoms with E-state index in [-0.39, 0.29) is 12.2 Å². The van der Waals surface area contributed by atoms with E-state index in [4.69, 9.17) is 26.8 Å². The van der Waals surface area contributed by atoms with E-state index >= 15 is 0 Å². The summed E-state index contributed by atoms with van der Waals surface area (Å²) < 4.78 is 10.8. The minimum atomic E-state index is -0.120. The Balaban J connectivity index is 2.89. The summed E-state index contributed by atoms with van der Waals surface area (Å²) in [6.07, 6.45) is -0.0123. The third-order valence-electron chi connectivity index (χ3n) is 2.19. The monoisotopic (exact) mass is 243 g/mol. The fourth-order valence-corrected chi connectivity index (χ4v) is 1.67. The summed E-state index contributed by atoms with van der Waals surface area (Å²) in [6, 6.07) is 5.60. The maximum atomic E-state index is 6.11. The van der Waals surface area contributed by atoms with Crippen LogP contribution in [0, 0.1) is 0 Å². The second-order valence-electron chi connectivity index (χ2n) is 3.82. The minimum absolute atomic E-state index is 0.107. The molecule has 90 valence electrons. The lowest BCUT2D eigenvalue weighted by Gasteiger charge is -2.16. The Kier molecular flexibility index (Phi) is 5.06. The van der Waals surface area contributed by atoms with Gasteiger partial charge in [-0.2, -0.15) is 0 Å². The van der Waals surface area contributed by atoms with Crippen LogP contribution in [0.4, 0.5) is 0 Å². The third kappa shape index (κ3) is 3.37. The molecule has 0 aromatic heterocycles. The van der Waals surface area contributed by atoms with Crippen molar-refractivity contribution in [3.05, 3.63) is 28.8 Å². The summed E-state index contributed by atoms with van der Waals surface area (Å²) in [5.41, 5.74) is 6.55. The first-order chi connectivity index (χ1) is 7.58. The molecule has 0 aliphatic heterocycles. The van der Waals surface area contributed by atoms with Gasteiger partial charge in [-0.1, -0.05) is 17.7 Å². The van der Waals surface area contributed by atoms with Crippen LogP contribution in [0.2, 0.25) is 5.02 Å². The molecule has 0 aliphatic carbocycles. The molecule has 0 aliphatic rings. The Morgan fingerprint density at radius 3 is 2.50 bits per heavy atom. The first-order valence-electron chi connectivity index (χ1n) is 5.27. The highest BCUT2D eigenvalue weighted by Crippen LogP contribution is 2.29. The molecule has 1 aromatic rings. The van der Waals surface area contributed by atoms with Crippen molar-refractivity contribution in [2.75, 3.05) is 13.7 Å². The van der Waals surface area contributed by atoms with Crippen molar-refractivity contribution in [3.63, 3.8) is 0 Å². The van der Waals surface area contributed by atoms with Crippen LogP contribution in [0.15, 0.2) is 18.2 Å². The van der Waals surface area contributed by atoms with Crippen molar-refractivity contribution in [2.45, 2.75) is 26.1 Å². The van der Waals surface area contributed by atoms with Crippen molar-refractivity contribution in [2.24, 2.45) is 5.73 Å². The molecule has 1 aromatic carbocycles. The fraction of sp³-hybridized carbons (Fsp3) is 0.500. The number of hydrogen-bond donors (Lipinski definition) is 1. The average molecular weight is 244 g/mol. The van der Waals surface area contributed by atoms with Crippen molar-refractivity contribution in [1.82, 2.24) is 0 Å². The zero-order valence-electron chi connectivity index (χ0n) is 9.87. The molecular weight excluding hydrogens is 226 g/mol. The van der Waals surface area contributed by atoms with Crippen LogP contribution in [-0.4, -0.2) is 19.8 Å². The van der Waals surface area contributed by atoms with Gasteiger partial charge in [0.2, 0.25) is 0 Å². The first-order valence-corrected chi connectivity index (χ1v) is 5.65. The topological polar surface area (TPSA) is 44.5 Å². The molecule has 16 heavy (non-hydrogen) atoms. The first kappa shape index (κ1) is 13.3. The summed E-state index contributed by atoms with van der Waals surface area (Å²) in [6.45, 7) is 4.35. The number of hydrogen-bond acceptors (Lipinski definition) is 3. The molecule has 0 bridgehead atoms. The van der Waals surface area contributed by atoms with E-state index in [1.165, 1.54) is 0 Å². The highest BCUT2D eigenvalue weighted by molar-refractivity contribution is 6.32. The standard InChI is InChI=1S/C12H18ClNO2/c1-8(2)16-11-5-4-9(6-10(11)13)12(7-14)15-3/h4-6,8,12H,7,14H2,1-3H3. The van der Waals surface area contributed by atoms with Crippen LogP contribution in [0.1, 0.15) is 25.5 Å². The SMILES string of the molecule is COC(CN)c1ccc(OC(C)C)c(Cl)c1. The van der Waals surface area contributed by atoms with Crippen LogP contribution < -0.4 is 10.5 Å². The Bertz CT molecular complexity index is 338. The third-order valence-corrected chi connectivity index (χ3v) is 2.48. The van der Waals surface area contributed by atoms with Crippen molar-refractivity contribution in [1.29, 1.82) is 0 Å². The number of rotatable bonds is 5. The molecule has 0 fully saturated rings. The minimum Gasteiger partial charge on any atom is -0.489 e. The highest BCUT2D eigenvalue weighted by atomic mass is 35.5. The lowest BCUT2D eigenvalue weighted by atomic mass is 10.1. The van der Waals surface area contributed by atoms with Gasteiger partial charge in [-0.05, 0) is 31.5 Å². The zero-order valence-corrected chi connectivity index (χ0v) is 10.6. The van der Waals surface area contributed by atoms with Crippen LogP contribution in [-0.2, 0) is 4.74 Å². The maximum absolute atomic E-state index is 6.11. The number of benzene rings is 1. The number of methoxy groups -OCH3 is 1. The summed E-state index contributed by atoms with van der Waals surface area (Å²) in [4.78, 5) is 0. The smallest absolute Gasteiger partial charge is 0.138 e. The van der Waals surface area contributed by atoms with Crippen LogP contribution in [0.3, 0.4) is 0 Å².